The van der Waals surface area contributed by atoms with Crippen LogP contribution in [0.1, 0.15) is 27.7 Å². The van der Waals surface area contributed by atoms with Crippen molar-refractivity contribution in [2.24, 2.45) is 0 Å². The molecule has 0 aliphatic heterocycles. The van der Waals surface area contributed by atoms with Gasteiger partial charge in [-0.25, -0.2) is 4.79 Å². The first kappa shape index (κ1) is 16.2. The second kappa shape index (κ2) is 6.23. The van der Waals surface area contributed by atoms with Gasteiger partial charge in [-0.3, -0.25) is 14.5 Å². The Morgan fingerprint density at radius 2 is 1.83 bits per heavy atom. The first-order chi connectivity index (χ1) is 8.04. The van der Waals surface area contributed by atoms with Crippen molar-refractivity contribution < 1.29 is 24.2 Å². The van der Waals surface area contributed by atoms with Crippen molar-refractivity contribution in [2.45, 2.75) is 39.3 Å². The summed E-state index contributed by atoms with van der Waals surface area (Å²) in [6.07, 6.45) is -0.638. The molecule has 0 fully saturated rings. The predicted molar refractivity (Wildman–Crippen MR) is 64.1 cm³/mol. The summed E-state index contributed by atoms with van der Waals surface area (Å²) < 4.78 is 5.09. The van der Waals surface area contributed by atoms with E-state index in [2.05, 4.69) is 5.32 Å². The predicted octanol–water partition coefficient (Wildman–Crippen LogP) is 0.443. The lowest BCUT2D eigenvalue weighted by atomic mass is 10.2. The van der Waals surface area contributed by atoms with Crippen molar-refractivity contribution in [3.63, 3.8) is 0 Å². The number of carbonyl (C=O) groups is 3. The van der Waals surface area contributed by atoms with Gasteiger partial charge in [0.05, 0.1) is 0 Å². The molecule has 1 atom stereocenters. The molecule has 0 spiro atoms. The van der Waals surface area contributed by atoms with Gasteiger partial charge in [-0.2, -0.15) is 0 Å². The minimum absolute atomic E-state index is 0.481. The first-order valence-electron chi connectivity index (χ1n) is 5.50. The number of nitrogens with one attached hydrogen (secondary N) is 1. The van der Waals surface area contributed by atoms with Gasteiger partial charge < -0.3 is 15.2 Å². The van der Waals surface area contributed by atoms with E-state index in [1.807, 2.05) is 0 Å². The summed E-state index contributed by atoms with van der Waals surface area (Å²) >= 11 is 0. The zero-order valence-electron chi connectivity index (χ0n) is 11.3. The molecule has 7 nitrogen and oxygen atoms in total. The maximum absolute atomic E-state index is 11.7. The number of rotatable bonds is 4. The molecule has 0 aromatic heterocycles. The molecule has 0 radical (unpaired) electrons. The van der Waals surface area contributed by atoms with Gasteiger partial charge >= 0.3 is 12.1 Å². The van der Waals surface area contributed by atoms with Crippen LogP contribution in [0.25, 0.3) is 0 Å². The quantitative estimate of drug-likeness (QED) is 0.764. The van der Waals surface area contributed by atoms with Crippen LogP contribution in [-0.2, 0) is 14.3 Å². The summed E-state index contributed by atoms with van der Waals surface area (Å²) in [6, 6.07) is -0.806. The summed E-state index contributed by atoms with van der Waals surface area (Å²) in [7, 11) is 1.42. The van der Waals surface area contributed by atoms with Crippen molar-refractivity contribution in [1.82, 2.24) is 10.2 Å². The van der Waals surface area contributed by atoms with Crippen LogP contribution in [0.2, 0.25) is 0 Å². The molecule has 0 aromatic carbocycles. The number of aliphatic carboxylic acids is 1. The fourth-order valence-electron chi connectivity index (χ4n) is 0.978. The van der Waals surface area contributed by atoms with E-state index in [0.717, 1.165) is 4.90 Å². The molecular formula is C11H20N2O5. The number of carboxylic acids is 1. The van der Waals surface area contributed by atoms with Gasteiger partial charge in [0, 0.05) is 7.05 Å². The first-order valence-corrected chi connectivity index (χ1v) is 5.50. The molecule has 0 unspecified atom stereocenters. The average Bonchev–Trinajstić information content (AvgIpc) is 2.21. The standard InChI is InChI=1S/C11H20N2O5/c1-7(9(16)12-6-8(14)15)13(5)10(17)18-11(2,3)4/h7H,6H2,1-5H3,(H,12,16)(H,14,15)/t7-/m0/s1. The third-order valence-corrected chi connectivity index (χ3v) is 2.06. The summed E-state index contributed by atoms with van der Waals surface area (Å²) in [5.41, 5.74) is -0.650. The lowest BCUT2D eigenvalue weighted by Crippen LogP contribution is -2.48. The van der Waals surface area contributed by atoms with Crippen molar-refractivity contribution in [1.29, 1.82) is 0 Å². The van der Waals surface area contributed by atoms with Gasteiger partial charge in [-0.05, 0) is 27.7 Å². The molecule has 2 N–H and O–H groups in total. The fraction of sp³-hybridized carbons (Fsp3) is 0.727. The van der Waals surface area contributed by atoms with Gasteiger partial charge in [-0.1, -0.05) is 0 Å². The summed E-state index contributed by atoms with van der Waals surface area (Å²) in [5, 5.41) is 10.6. The third kappa shape index (κ3) is 6.07. The van der Waals surface area contributed by atoms with Crippen molar-refractivity contribution in [3.8, 4) is 0 Å². The zero-order valence-corrected chi connectivity index (χ0v) is 11.3. The largest absolute Gasteiger partial charge is 0.480 e. The maximum Gasteiger partial charge on any atom is 0.410 e. The minimum atomic E-state index is -1.14. The molecule has 0 aromatic rings. The van der Waals surface area contributed by atoms with Crippen molar-refractivity contribution >= 4 is 18.0 Å². The Morgan fingerprint density at radius 1 is 1.33 bits per heavy atom. The van der Waals surface area contributed by atoms with Crippen molar-refractivity contribution in [2.75, 3.05) is 13.6 Å². The minimum Gasteiger partial charge on any atom is -0.480 e. The Hall–Kier alpha value is -1.79. The maximum atomic E-state index is 11.7. The van der Waals surface area contributed by atoms with Crippen LogP contribution in [0, 0.1) is 0 Å². The van der Waals surface area contributed by atoms with Gasteiger partial charge in [0.25, 0.3) is 0 Å². The Kier molecular flexibility index (Phi) is 5.61. The molecule has 0 rings (SSSR count). The summed E-state index contributed by atoms with van der Waals surface area (Å²) in [4.78, 5) is 34.6. The Bertz CT molecular complexity index is 335. The van der Waals surface area contributed by atoms with Crippen LogP contribution in [0.3, 0.4) is 0 Å². The Morgan fingerprint density at radius 3 is 2.22 bits per heavy atom. The third-order valence-electron chi connectivity index (χ3n) is 2.06. The van der Waals surface area contributed by atoms with Gasteiger partial charge in [0.15, 0.2) is 0 Å². The number of hydrogen-bond donors (Lipinski definition) is 2. The number of carbonyl (C=O) groups excluding carboxylic acids is 2. The van der Waals surface area contributed by atoms with Crippen LogP contribution in [0.5, 0.6) is 0 Å². The van der Waals surface area contributed by atoms with E-state index in [0.29, 0.717) is 0 Å². The van der Waals surface area contributed by atoms with Crippen LogP contribution < -0.4 is 5.32 Å². The van der Waals surface area contributed by atoms with Crippen LogP contribution in [0.4, 0.5) is 4.79 Å². The lowest BCUT2D eigenvalue weighted by molar-refractivity contribution is -0.138. The number of hydrogen-bond acceptors (Lipinski definition) is 4. The SMILES string of the molecule is C[C@@H](C(=O)NCC(=O)O)N(C)C(=O)OC(C)(C)C. The topological polar surface area (TPSA) is 95.9 Å². The van der Waals surface area contributed by atoms with Gasteiger partial charge in [0.2, 0.25) is 5.91 Å². The van der Waals surface area contributed by atoms with Crippen molar-refractivity contribution in [3.05, 3.63) is 0 Å². The monoisotopic (exact) mass is 260 g/mol. The highest BCUT2D eigenvalue weighted by Crippen LogP contribution is 2.10. The van der Waals surface area contributed by atoms with E-state index in [9.17, 15) is 14.4 Å². The molecule has 0 heterocycles. The van der Waals surface area contributed by atoms with E-state index >= 15 is 0 Å². The number of ether oxygens (including phenoxy) is 1. The van der Waals surface area contributed by atoms with E-state index < -0.39 is 36.2 Å². The number of likely N-dealkylation sites (N-methyl/N-ethyl adjacent to an activating group) is 1. The van der Waals surface area contributed by atoms with E-state index in [1.165, 1.54) is 14.0 Å². The van der Waals surface area contributed by atoms with Gasteiger partial charge in [-0.15, -0.1) is 0 Å². The van der Waals surface area contributed by atoms with Crippen LogP contribution >= 0.6 is 0 Å². The molecule has 2 amide bonds. The molecule has 0 aliphatic rings. The normalized spacial score (nSPS) is 12.5. The average molecular weight is 260 g/mol. The Balaban J connectivity index is 4.40. The molecule has 104 valence electrons. The Labute approximate surface area is 106 Å². The number of carboxylic acid groups (broad SMARTS) is 1. The van der Waals surface area contributed by atoms with E-state index in [-0.39, 0.29) is 0 Å². The zero-order chi connectivity index (χ0) is 14.5. The summed E-state index contributed by atoms with van der Waals surface area (Å²) in [6.45, 7) is 6.15. The highest BCUT2D eigenvalue weighted by molar-refractivity contribution is 5.87. The molecular weight excluding hydrogens is 240 g/mol. The molecule has 0 aliphatic carbocycles. The van der Waals surface area contributed by atoms with Crippen LogP contribution in [0.15, 0.2) is 0 Å². The number of nitrogens with zero attached hydrogens (tertiary/aromatic N) is 1. The van der Waals surface area contributed by atoms with Crippen LogP contribution in [-0.4, -0.2) is 53.2 Å². The fourth-order valence-corrected chi connectivity index (χ4v) is 0.978. The second-order valence-electron chi connectivity index (χ2n) is 4.88. The lowest BCUT2D eigenvalue weighted by Gasteiger charge is -2.27. The number of amides is 2. The molecule has 0 bridgehead atoms. The van der Waals surface area contributed by atoms with E-state index in [1.54, 1.807) is 20.8 Å². The van der Waals surface area contributed by atoms with E-state index in [4.69, 9.17) is 9.84 Å². The second-order valence-corrected chi connectivity index (χ2v) is 4.88. The molecule has 18 heavy (non-hydrogen) atoms. The van der Waals surface area contributed by atoms with Gasteiger partial charge in [0.1, 0.15) is 18.2 Å². The molecule has 7 heteroatoms. The highest BCUT2D eigenvalue weighted by atomic mass is 16.6. The molecule has 0 saturated carbocycles. The smallest absolute Gasteiger partial charge is 0.410 e. The highest BCUT2D eigenvalue weighted by Gasteiger charge is 2.26. The molecule has 0 saturated heterocycles. The summed E-state index contributed by atoms with van der Waals surface area (Å²) in [5.74, 6) is -1.69.